The Morgan fingerprint density at radius 1 is 1.03 bits per heavy atom. The first-order chi connectivity index (χ1) is 17.9. The van der Waals surface area contributed by atoms with E-state index in [0.717, 1.165) is 29.6 Å². The van der Waals surface area contributed by atoms with Crippen LogP contribution < -0.4 is 10.2 Å². The summed E-state index contributed by atoms with van der Waals surface area (Å²) >= 11 is 0. The molecule has 0 radical (unpaired) electrons. The van der Waals surface area contributed by atoms with E-state index < -0.39 is 5.97 Å². The number of nitrogens with zero attached hydrogens (tertiary/aromatic N) is 2. The average Bonchev–Trinajstić information content (AvgIpc) is 3.24. The number of methoxy groups -OCH3 is 1. The number of aliphatic imine (C=N–C) groups is 1. The summed E-state index contributed by atoms with van der Waals surface area (Å²) in [5.74, 6) is -0.531. The van der Waals surface area contributed by atoms with Crippen molar-refractivity contribution < 1.29 is 19.4 Å². The maximum Gasteiger partial charge on any atom is 0.337 e. The second-order valence-electron chi connectivity index (χ2n) is 8.57. The Labute approximate surface area is 215 Å². The normalized spacial score (nSPS) is 11.5. The van der Waals surface area contributed by atoms with Crippen molar-refractivity contribution in [3.63, 3.8) is 0 Å². The quantitative estimate of drug-likeness (QED) is 0.175. The van der Waals surface area contributed by atoms with Gasteiger partial charge in [-0.15, -0.1) is 0 Å². The van der Waals surface area contributed by atoms with Crippen LogP contribution in [0, 0.1) is 0 Å². The molecule has 0 aliphatic heterocycles. The number of carbonyl (C=O) groups excluding carboxylic acids is 2. The van der Waals surface area contributed by atoms with Crippen molar-refractivity contribution in [2.75, 3.05) is 32.1 Å². The Hall–Kier alpha value is -4.43. The third-order valence-corrected chi connectivity index (χ3v) is 6.07. The number of benzene rings is 3. The summed E-state index contributed by atoms with van der Waals surface area (Å²) in [5.41, 5.74) is 4.35. The van der Waals surface area contributed by atoms with Gasteiger partial charge in [0, 0.05) is 35.6 Å². The van der Waals surface area contributed by atoms with Gasteiger partial charge in [-0.2, -0.15) is 0 Å². The number of hydrogen-bond acceptors (Lipinski definition) is 6. The lowest BCUT2D eigenvalue weighted by molar-refractivity contribution is -0.116. The molecule has 0 aliphatic carbocycles. The first-order valence-corrected chi connectivity index (χ1v) is 12.0. The predicted molar refractivity (Wildman–Crippen MR) is 146 cm³/mol. The van der Waals surface area contributed by atoms with Crippen molar-refractivity contribution in [2.24, 2.45) is 4.99 Å². The number of aromatic nitrogens is 1. The van der Waals surface area contributed by atoms with Crippen molar-refractivity contribution in [2.45, 2.75) is 13.3 Å². The monoisotopic (exact) mass is 498 g/mol. The second-order valence-corrected chi connectivity index (χ2v) is 8.57. The number of aromatic amines is 1. The molecule has 3 N–H and O–H groups in total. The van der Waals surface area contributed by atoms with E-state index in [1.165, 1.54) is 7.11 Å². The number of nitrogens with one attached hydrogen (secondary N) is 2. The molecule has 0 unspecified atom stereocenters. The molecule has 0 aliphatic rings. The SMILES string of the molecule is CNCCCN(C(C)=O)c1ccc(N=C(c2ccccc2)c2c(O)[nH]c3cc(C(=O)OC)ccc23)cc1. The van der Waals surface area contributed by atoms with Gasteiger partial charge in [0.25, 0.3) is 0 Å². The Balaban J connectivity index is 1.77. The smallest absolute Gasteiger partial charge is 0.337 e. The molecule has 8 heteroatoms. The van der Waals surface area contributed by atoms with Gasteiger partial charge in [0.05, 0.1) is 29.6 Å². The van der Waals surface area contributed by atoms with Gasteiger partial charge < -0.3 is 25.0 Å². The number of carbonyl (C=O) groups is 2. The Kier molecular flexibility index (Phi) is 8.00. The third kappa shape index (κ3) is 5.70. The van der Waals surface area contributed by atoms with Gasteiger partial charge >= 0.3 is 5.97 Å². The summed E-state index contributed by atoms with van der Waals surface area (Å²) in [6, 6.07) is 22.1. The summed E-state index contributed by atoms with van der Waals surface area (Å²) in [4.78, 5) is 33.8. The van der Waals surface area contributed by atoms with Gasteiger partial charge in [-0.1, -0.05) is 36.4 Å². The number of H-pyrrole nitrogens is 1. The van der Waals surface area contributed by atoms with Gasteiger partial charge in [-0.25, -0.2) is 9.79 Å². The van der Waals surface area contributed by atoms with E-state index in [-0.39, 0.29) is 11.8 Å². The van der Waals surface area contributed by atoms with Gasteiger partial charge in [-0.3, -0.25) is 4.79 Å². The van der Waals surface area contributed by atoms with Gasteiger partial charge in [0.1, 0.15) is 0 Å². The number of ether oxygens (including phenoxy) is 1. The zero-order valence-corrected chi connectivity index (χ0v) is 21.1. The van der Waals surface area contributed by atoms with Crippen molar-refractivity contribution in [1.29, 1.82) is 0 Å². The van der Waals surface area contributed by atoms with Crippen LogP contribution in [0.15, 0.2) is 77.8 Å². The van der Waals surface area contributed by atoms with Crippen LogP contribution in [0.5, 0.6) is 5.88 Å². The molecule has 0 saturated carbocycles. The van der Waals surface area contributed by atoms with E-state index in [0.29, 0.717) is 34.6 Å². The topological polar surface area (TPSA) is 107 Å². The first kappa shape index (κ1) is 25.7. The first-order valence-electron chi connectivity index (χ1n) is 12.0. The molecule has 0 saturated heterocycles. The lowest BCUT2D eigenvalue weighted by atomic mass is 10.00. The molecule has 1 heterocycles. The zero-order chi connectivity index (χ0) is 26.4. The number of aromatic hydroxyl groups is 1. The van der Waals surface area contributed by atoms with Crippen molar-refractivity contribution in [1.82, 2.24) is 10.3 Å². The molecule has 3 aromatic carbocycles. The van der Waals surface area contributed by atoms with E-state index in [2.05, 4.69) is 10.3 Å². The molecule has 0 atom stereocenters. The summed E-state index contributed by atoms with van der Waals surface area (Å²) in [7, 11) is 3.21. The highest BCUT2D eigenvalue weighted by molar-refractivity contribution is 6.22. The van der Waals surface area contributed by atoms with Crippen LogP contribution >= 0.6 is 0 Å². The average molecular weight is 499 g/mol. The molecular weight excluding hydrogens is 468 g/mol. The van der Waals surface area contributed by atoms with Crippen molar-refractivity contribution >= 4 is 39.9 Å². The molecule has 4 rings (SSSR count). The molecule has 1 amide bonds. The van der Waals surface area contributed by atoms with E-state index in [1.807, 2.05) is 61.6 Å². The van der Waals surface area contributed by atoms with E-state index in [1.54, 1.807) is 30.0 Å². The number of esters is 1. The van der Waals surface area contributed by atoms with E-state index >= 15 is 0 Å². The fourth-order valence-corrected chi connectivity index (χ4v) is 4.25. The van der Waals surface area contributed by atoms with E-state index in [4.69, 9.17) is 9.73 Å². The van der Waals surface area contributed by atoms with Crippen LogP contribution in [-0.4, -0.2) is 54.9 Å². The highest BCUT2D eigenvalue weighted by Crippen LogP contribution is 2.32. The minimum Gasteiger partial charge on any atom is -0.494 e. The highest BCUT2D eigenvalue weighted by Gasteiger charge is 2.20. The molecule has 37 heavy (non-hydrogen) atoms. The number of fused-ring (bicyclic) bond motifs is 1. The molecule has 8 nitrogen and oxygen atoms in total. The summed E-state index contributed by atoms with van der Waals surface area (Å²) < 4.78 is 4.82. The maximum absolute atomic E-state index is 12.2. The fraction of sp³-hybridized carbons (Fsp3) is 0.207. The van der Waals surface area contributed by atoms with Crippen molar-refractivity contribution in [3.05, 3.63) is 89.5 Å². The highest BCUT2D eigenvalue weighted by atomic mass is 16.5. The molecule has 0 bridgehead atoms. The number of anilines is 1. The van der Waals surface area contributed by atoms with E-state index in [9.17, 15) is 14.7 Å². The van der Waals surface area contributed by atoms with Crippen LogP contribution in [0.4, 0.5) is 11.4 Å². The summed E-state index contributed by atoms with van der Waals surface area (Å²) in [5, 5.41) is 14.7. The third-order valence-electron chi connectivity index (χ3n) is 6.07. The Morgan fingerprint density at radius 2 is 1.76 bits per heavy atom. The Bertz CT molecular complexity index is 1430. The minimum atomic E-state index is -0.458. The largest absolute Gasteiger partial charge is 0.494 e. The van der Waals surface area contributed by atoms with Gasteiger partial charge in [0.15, 0.2) is 5.88 Å². The van der Waals surface area contributed by atoms with Gasteiger partial charge in [0.2, 0.25) is 5.91 Å². The molecular formula is C29H30N4O4. The molecule has 0 spiro atoms. The van der Waals surface area contributed by atoms with Crippen LogP contribution in [0.2, 0.25) is 0 Å². The summed E-state index contributed by atoms with van der Waals surface area (Å²) in [6.45, 7) is 3.00. The molecule has 4 aromatic rings. The standard InChI is InChI=1S/C29H30N4O4/c1-19(34)33(17-7-16-30-2)23-13-11-22(12-14-23)31-27(20-8-5-4-6-9-20)26-24-15-10-21(29(36)37-3)18-25(24)32-28(26)35/h4-6,8-15,18,30,32,35H,7,16-17H2,1-3H3. The van der Waals surface area contributed by atoms with Crippen LogP contribution in [0.1, 0.15) is 34.8 Å². The van der Waals surface area contributed by atoms with Crippen LogP contribution in [0.25, 0.3) is 10.9 Å². The van der Waals surface area contributed by atoms with Gasteiger partial charge in [-0.05, 0) is 56.4 Å². The number of rotatable bonds is 9. The molecule has 190 valence electrons. The lowest BCUT2D eigenvalue weighted by Crippen LogP contribution is -2.31. The predicted octanol–water partition coefficient (Wildman–Crippen LogP) is 4.79. The Morgan fingerprint density at radius 3 is 2.41 bits per heavy atom. The number of amides is 1. The second kappa shape index (κ2) is 11.5. The van der Waals surface area contributed by atoms with Crippen LogP contribution in [-0.2, 0) is 9.53 Å². The maximum atomic E-state index is 12.2. The zero-order valence-electron chi connectivity index (χ0n) is 21.1. The van der Waals surface area contributed by atoms with Crippen molar-refractivity contribution in [3.8, 4) is 5.88 Å². The summed E-state index contributed by atoms with van der Waals surface area (Å²) in [6.07, 6.45) is 0.839. The van der Waals surface area contributed by atoms with Crippen LogP contribution in [0.3, 0.4) is 0 Å². The molecule has 0 fully saturated rings. The lowest BCUT2D eigenvalue weighted by Gasteiger charge is -2.21. The molecule has 1 aromatic heterocycles. The fourth-order valence-electron chi connectivity index (χ4n) is 4.25. The minimum absolute atomic E-state index is 0.0210. The number of hydrogen-bond donors (Lipinski definition) is 3.